The lowest BCUT2D eigenvalue weighted by Gasteiger charge is -2.25. The lowest BCUT2D eigenvalue weighted by Crippen LogP contribution is -2.30. The first-order valence-electron chi connectivity index (χ1n) is 12.2. The summed E-state index contributed by atoms with van der Waals surface area (Å²) in [7, 11) is 0. The number of ether oxygens (including phenoxy) is 1. The van der Waals surface area contributed by atoms with Crippen LogP contribution in [0.5, 0.6) is 0 Å². The Hall–Kier alpha value is -4.37. The highest BCUT2D eigenvalue weighted by Gasteiger charge is 2.32. The first-order chi connectivity index (χ1) is 19.0. The predicted octanol–water partition coefficient (Wildman–Crippen LogP) is 3.45. The molecule has 3 heterocycles. The summed E-state index contributed by atoms with van der Waals surface area (Å²) in [5.74, 6) is -1.89. The smallest absolute Gasteiger partial charge is 0.433 e. The molecule has 2 N–H and O–H groups in total. The fourth-order valence-corrected chi connectivity index (χ4v) is 3.63. The van der Waals surface area contributed by atoms with Gasteiger partial charge >= 0.3 is 12.3 Å². The van der Waals surface area contributed by atoms with Crippen LogP contribution in [0, 0.1) is 5.82 Å². The number of nitrogens with zero attached hydrogens (tertiary/aromatic N) is 5. The minimum atomic E-state index is -4.57. The minimum Gasteiger partial charge on any atom is -0.446 e. The minimum absolute atomic E-state index is 0.121. The van der Waals surface area contributed by atoms with Gasteiger partial charge in [0.15, 0.2) is 5.69 Å². The third kappa shape index (κ3) is 7.39. The molecule has 1 fully saturated rings. The van der Waals surface area contributed by atoms with Crippen molar-refractivity contribution in [2.45, 2.75) is 63.8 Å². The van der Waals surface area contributed by atoms with Crippen molar-refractivity contribution in [1.29, 1.82) is 0 Å². The van der Waals surface area contributed by atoms with E-state index in [1.54, 1.807) is 0 Å². The maximum atomic E-state index is 14.6. The van der Waals surface area contributed by atoms with Gasteiger partial charge in [0.05, 0.1) is 18.4 Å². The Labute approximate surface area is 223 Å². The van der Waals surface area contributed by atoms with Crippen LogP contribution in [0.25, 0.3) is 0 Å². The van der Waals surface area contributed by atoms with Crippen LogP contribution in [-0.2, 0) is 30.5 Å². The number of aromatic nitrogens is 5. The van der Waals surface area contributed by atoms with Crippen LogP contribution in [0.3, 0.4) is 0 Å². The van der Waals surface area contributed by atoms with Gasteiger partial charge in [-0.1, -0.05) is 11.3 Å². The van der Waals surface area contributed by atoms with Crippen molar-refractivity contribution in [3.8, 4) is 0 Å². The topological polar surface area (TPSA) is 133 Å². The van der Waals surface area contributed by atoms with E-state index in [1.165, 1.54) is 24.5 Å². The lowest BCUT2D eigenvalue weighted by molar-refractivity contribution is -0.141. The van der Waals surface area contributed by atoms with Crippen LogP contribution < -0.4 is 16.2 Å². The van der Waals surface area contributed by atoms with Gasteiger partial charge in [0, 0.05) is 25.5 Å². The van der Waals surface area contributed by atoms with Gasteiger partial charge < -0.3 is 14.6 Å². The maximum absolute atomic E-state index is 14.6. The van der Waals surface area contributed by atoms with Gasteiger partial charge in [-0.3, -0.25) is 19.9 Å². The molecule has 0 aliphatic heterocycles. The molecule has 40 heavy (non-hydrogen) atoms. The number of pyridine rings is 2. The Bertz CT molecular complexity index is 1400. The molecule has 1 aliphatic rings. The molecule has 0 aromatic carbocycles. The van der Waals surface area contributed by atoms with Crippen LogP contribution in [-0.4, -0.2) is 48.8 Å². The number of rotatable bonds is 10. The third-order valence-electron chi connectivity index (χ3n) is 6.08. The highest BCUT2D eigenvalue weighted by atomic mass is 19.4. The number of alkyl halides is 4. The molecular formula is C24H24F5N7O4. The Kier molecular flexibility index (Phi) is 8.74. The summed E-state index contributed by atoms with van der Waals surface area (Å²) < 4.78 is 73.9. The van der Waals surface area contributed by atoms with E-state index in [2.05, 4.69) is 25.9 Å². The highest BCUT2D eigenvalue weighted by molar-refractivity contribution is 5.91. The molecule has 11 nitrogen and oxygen atoms in total. The summed E-state index contributed by atoms with van der Waals surface area (Å²) in [6, 6.07) is 3.14. The number of anilines is 1. The van der Waals surface area contributed by atoms with E-state index in [1.807, 2.05) is 0 Å². The van der Waals surface area contributed by atoms with Crippen molar-refractivity contribution in [1.82, 2.24) is 29.9 Å². The zero-order valence-electron chi connectivity index (χ0n) is 20.8. The van der Waals surface area contributed by atoms with Crippen molar-refractivity contribution in [2.24, 2.45) is 0 Å². The van der Waals surface area contributed by atoms with Crippen LogP contribution >= 0.6 is 0 Å². The summed E-state index contributed by atoms with van der Waals surface area (Å²) in [6.07, 6.45) is -1.59. The molecule has 0 spiro atoms. The number of amides is 2. The standard InChI is InChI=1S/C24H24F5N7O4/c25-15(6-8-35-9-7-17(20(26)22(35)38)32-23(39)40-16-2-1-3-16)12-36-13-18(33-34-36)21(37)31-11-14-4-5-19(30-10-14)24(27,28)29/h4-5,7,9-10,13,15-16H,1-3,6,8,11-12H2,(H,31,37)(H,32,39). The number of hydrogen-bond acceptors (Lipinski definition) is 7. The SMILES string of the molecule is O=C(Nc1ccn(CCC(F)Cn2cc(C(=O)NCc3ccc(C(F)(F)F)nc3)nn2)c(=O)c1F)OC1CCC1. The van der Waals surface area contributed by atoms with Crippen LogP contribution in [0.1, 0.15) is 47.4 Å². The van der Waals surface area contributed by atoms with Gasteiger partial charge in [-0.15, -0.1) is 5.10 Å². The number of carbonyl (C=O) groups is 2. The molecule has 3 aromatic heterocycles. The monoisotopic (exact) mass is 569 g/mol. The number of carbonyl (C=O) groups excluding carboxylic acids is 2. The van der Waals surface area contributed by atoms with Gasteiger partial charge in [-0.2, -0.15) is 17.6 Å². The Balaban J connectivity index is 1.24. The summed E-state index contributed by atoms with van der Waals surface area (Å²) in [5.41, 5.74) is -2.27. The number of halogens is 5. The molecule has 214 valence electrons. The van der Waals surface area contributed by atoms with Crippen molar-refractivity contribution in [3.05, 3.63) is 69.9 Å². The zero-order chi connectivity index (χ0) is 28.9. The quantitative estimate of drug-likeness (QED) is 0.358. The van der Waals surface area contributed by atoms with E-state index in [4.69, 9.17) is 4.74 Å². The molecule has 4 rings (SSSR count). The molecule has 1 unspecified atom stereocenters. The normalized spacial score (nSPS) is 14.3. The average molecular weight is 569 g/mol. The molecule has 1 saturated carbocycles. The second kappa shape index (κ2) is 12.2. The van der Waals surface area contributed by atoms with Gasteiger partial charge in [0.1, 0.15) is 18.0 Å². The van der Waals surface area contributed by atoms with Crippen molar-refractivity contribution < 1.29 is 36.3 Å². The van der Waals surface area contributed by atoms with Crippen molar-refractivity contribution in [3.63, 3.8) is 0 Å². The third-order valence-corrected chi connectivity index (χ3v) is 6.08. The predicted molar refractivity (Wildman–Crippen MR) is 128 cm³/mol. The summed E-state index contributed by atoms with van der Waals surface area (Å²) in [4.78, 5) is 39.7. The number of aryl methyl sites for hydroxylation is 1. The van der Waals surface area contributed by atoms with Gasteiger partial charge in [-0.25, -0.2) is 13.9 Å². The van der Waals surface area contributed by atoms with Crippen LogP contribution in [0.4, 0.5) is 32.4 Å². The Morgan fingerprint density at radius 2 is 1.98 bits per heavy atom. The van der Waals surface area contributed by atoms with Crippen molar-refractivity contribution >= 4 is 17.7 Å². The molecule has 0 saturated heterocycles. The largest absolute Gasteiger partial charge is 0.446 e. The Morgan fingerprint density at radius 1 is 1.20 bits per heavy atom. The van der Waals surface area contributed by atoms with Gasteiger partial charge in [0.25, 0.3) is 11.5 Å². The van der Waals surface area contributed by atoms with Gasteiger partial charge in [0.2, 0.25) is 5.82 Å². The fourth-order valence-electron chi connectivity index (χ4n) is 3.63. The van der Waals surface area contributed by atoms with E-state index < -0.39 is 41.4 Å². The highest BCUT2D eigenvalue weighted by Crippen LogP contribution is 2.27. The summed E-state index contributed by atoms with van der Waals surface area (Å²) in [6.45, 7) is -0.607. The molecule has 1 atom stereocenters. The van der Waals surface area contributed by atoms with Crippen LogP contribution in [0.2, 0.25) is 0 Å². The molecule has 1 aliphatic carbocycles. The van der Waals surface area contributed by atoms with E-state index in [0.717, 1.165) is 40.8 Å². The second-order valence-corrected chi connectivity index (χ2v) is 9.07. The van der Waals surface area contributed by atoms with Gasteiger partial charge in [-0.05, 0) is 43.4 Å². The molecule has 0 bridgehead atoms. The van der Waals surface area contributed by atoms with E-state index >= 15 is 0 Å². The number of hydrogen-bond donors (Lipinski definition) is 2. The number of nitrogens with one attached hydrogen (secondary N) is 2. The molecular weight excluding hydrogens is 545 g/mol. The first-order valence-corrected chi connectivity index (χ1v) is 12.2. The second-order valence-electron chi connectivity index (χ2n) is 9.07. The fraction of sp³-hybridized carbons (Fsp3) is 0.417. The molecule has 3 aromatic rings. The van der Waals surface area contributed by atoms with E-state index in [0.29, 0.717) is 5.56 Å². The molecule has 2 amide bonds. The summed E-state index contributed by atoms with van der Waals surface area (Å²) in [5, 5.41) is 12.0. The van der Waals surface area contributed by atoms with Crippen molar-refractivity contribution in [2.75, 3.05) is 5.32 Å². The Morgan fingerprint density at radius 3 is 2.62 bits per heavy atom. The molecule has 16 heteroatoms. The van der Waals surface area contributed by atoms with Crippen LogP contribution in [0.15, 0.2) is 41.6 Å². The van der Waals surface area contributed by atoms with E-state index in [-0.39, 0.29) is 43.5 Å². The van der Waals surface area contributed by atoms with E-state index in [9.17, 15) is 36.3 Å². The maximum Gasteiger partial charge on any atom is 0.433 e. The molecule has 0 radical (unpaired) electrons. The first kappa shape index (κ1) is 28.6. The summed E-state index contributed by atoms with van der Waals surface area (Å²) >= 11 is 0. The average Bonchev–Trinajstić information content (AvgIpc) is 3.35. The zero-order valence-corrected chi connectivity index (χ0v) is 20.8. The lowest BCUT2D eigenvalue weighted by atomic mass is 9.96.